The van der Waals surface area contributed by atoms with Crippen LogP contribution in [0.2, 0.25) is 0 Å². The average Bonchev–Trinajstić information content (AvgIpc) is 3.17. The molecule has 6 nitrogen and oxygen atoms in total. The summed E-state index contributed by atoms with van der Waals surface area (Å²) >= 11 is 0. The zero-order valence-corrected chi connectivity index (χ0v) is 14.0. The number of imidazole rings is 1. The Morgan fingerprint density at radius 2 is 1.92 bits per heavy atom. The van der Waals surface area contributed by atoms with Gasteiger partial charge in [0.15, 0.2) is 0 Å². The predicted octanol–water partition coefficient (Wildman–Crippen LogP) is 3.30. The molecule has 3 heterocycles. The number of nitrogens with zero attached hydrogens (tertiary/aromatic N) is 4. The van der Waals surface area contributed by atoms with Gasteiger partial charge in [-0.2, -0.15) is 5.10 Å². The van der Waals surface area contributed by atoms with E-state index in [4.69, 9.17) is 0 Å². The number of nitrogens with one attached hydrogen (secondary N) is 1. The monoisotopic (exact) mass is 331 g/mol. The zero-order valence-electron chi connectivity index (χ0n) is 14.0. The summed E-state index contributed by atoms with van der Waals surface area (Å²) in [5.74, 6) is 0.477. The number of amides is 1. The third kappa shape index (κ3) is 2.89. The molecule has 0 spiro atoms. The molecule has 0 bridgehead atoms. The minimum Gasteiger partial charge on any atom is -0.307 e. The van der Waals surface area contributed by atoms with Gasteiger partial charge in [0.2, 0.25) is 0 Å². The average molecular weight is 331 g/mol. The van der Waals surface area contributed by atoms with Gasteiger partial charge in [-0.15, -0.1) is 0 Å². The number of aromatic nitrogens is 4. The van der Waals surface area contributed by atoms with Crippen LogP contribution in [0.15, 0.2) is 60.9 Å². The van der Waals surface area contributed by atoms with Crippen molar-refractivity contribution < 1.29 is 4.79 Å². The van der Waals surface area contributed by atoms with Gasteiger partial charge in [-0.25, -0.2) is 4.98 Å². The molecule has 0 aliphatic heterocycles. The van der Waals surface area contributed by atoms with E-state index in [0.717, 1.165) is 22.6 Å². The summed E-state index contributed by atoms with van der Waals surface area (Å²) in [5.41, 5.74) is 4.06. The molecule has 0 atom stereocenters. The molecule has 0 saturated carbocycles. The number of hydrogen-bond acceptors (Lipinski definition) is 3. The lowest BCUT2D eigenvalue weighted by molar-refractivity contribution is 0.102. The maximum absolute atomic E-state index is 12.5. The molecule has 124 valence electrons. The first kappa shape index (κ1) is 15.1. The maximum atomic E-state index is 12.5. The van der Waals surface area contributed by atoms with Crippen LogP contribution < -0.4 is 5.32 Å². The highest BCUT2D eigenvalue weighted by atomic mass is 16.1. The molecule has 0 fully saturated rings. The normalized spacial score (nSPS) is 11.0. The molecule has 4 rings (SSSR count). The van der Waals surface area contributed by atoms with Gasteiger partial charge in [0, 0.05) is 36.6 Å². The Kier molecular flexibility index (Phi) is 3.57. The molecular formula is C19H17N5O. The van der Waals surface area contributed by atoms with E-state index in [0.29, 0.717) is 11.4 Å². The highest BCUT2D eigenvalue weighted by molar-refractivity contribution is 6.04. The number of hydrogen-bond donors (Lipinski definition) is 1. The lowest BCUT2D eigenvalue weighted by Gasteiger charge is -2.05. The van der Waals surface area contributed by atoms with Crippen molar-refractivity contribution in [3.8, 4) is 11.3 Å². The van der Waals surface area contributed by atoms with Gasteiger partial charge in [0.25, 0.3) is 5.91 Å². The first-order valence-corrected chi connectivity index (χ1v) is 7.96. The van der Waals surface area contributed by atoms with Crippen molar-refractivity contribution in [2.75, 3.05) is 5.32 Å². The molecule has 0 aliphatic rings. The van der Waals surface area contributed by atoms with E-state index in [1.165, 1.54) is 0 Å². The Morgan fingerprint density at radius 1 is 1.12 bits per heavy atom. The fourth-order valence-corrected chi connectivity index (χ4v) is 2.79. The van der Waals surface area contributed by atoms with E-state index in [-0.39, 0.29) is 5.91 Å². The molecule has 1 aromatic carbocycles. The summed E-state index contributed by atoms with van der Waals surface area (Å²) in [4.78, 5) is 17.1. The van der Waals surface area contributed by atoms with Crippen molar-refractivity contribution in [1.29, 1.82) is 0 Å². The SMILES string of the molecule is Cc1cc(NC(=O)c2ccn3cc(-c4ccccc4)nc3c2)n(C)n1. The number of fused-ring (bicyclic) bond motifs is 1. The van der Waals surface area contributed by atoms with Crippen LogP contribution in [0, 0.1) is 6.92 Å². The molecule has 25 heavy (non-hydrogen) atoms. The van der Waals surface area contributed by atoms with Crippen LogP contribution in [0.4, 0.5) is 5.82 Å². The second kappa shape index (κ2) is 5.90. The minimum absolute atomic E-state index is 0.185. The van der Waals surface area contributed by atoms with Crippen LogP contribution >= 0.6 is 0 Å². The van der Waals surface area contributed by atoms with E-state index in [2.05, 4.69) is 15.4 Å². The molecule has 0 aliphatic carbocycles. The zero-order chi connectivity index (χ0) is 17.4. The second-order valence-corrected chi connectivity index (χ2v) is 5.92. The Morgan fingerprint density at radius 3 is 2.64 bits per heavy atom. The summed E-state index contributed by atoms with van der Waals surface area (Å²) in [5, 5.41) is 7.11. The van der Waals surface area contributed by atoms with Crippen LogP contribution in [-0.2, 0) is 7.05 Å². The first-order valence-electron chi connectivity index (χ1n) is 7.96. The minimum atomic E-state index is -0.185. The summed E-state index contributed by atoms with van der Waals surface area (Å²) in [6, 6.07) is 15.4. The van der Waals surface area contributed by atoms with Crippen molar-refractivity contribution in [2.24, 2.45) is 7.05 Å². The number of anilines is 1. The van der Waals surface area contributed by atoms with E-state index in [9.17, 15) is 4.79 Å². The topological polar surface area (TPSA) is 64.2 Å². The lowest BCUT2D eigenvalue weighted by Crippen LogP contribution is -2.14. The molecule has 0 radical (unpaired) electrons. The van der Waals surface area contributed by atoms with Crippen LogP contribution in [-0.4, -0.2) is 25.1 Å². The summed E-state index contributed by atoms with van der Waals surface area (Å²) in [6.07, 6.45) is 3.80. The predicted molar refractivity (Wildman–Crippen MR) is 96.5 cm³/mol. The smallest absolute Gasteiger partial charge is 0.256 e. The van der Waals surface area contributed by atoms with Crippen LogP contribution in [0.3, 0.4) is 0 Å². The maximum Gasteiger partial charge on any atom is 0.256 e. The van der Waals surface area contributed by atoms with Gasteiger partial charge in [0.1, 0.15) is 11.5 Å². The molecule has 3 aromatic heterocycles. The standard InChI is InChI=1S/C19H17N5O/c1-13-10-17(23(2)22-13)21-19(25)15-8-9-24-12-16(20-18(24)11-15)14-6-4-3-5-7-14/h3-12H,1-2H3,(H,21,25). The van der Waals surface area contributed by atoms with Gasteiger partial charge in [-0.1, -0.05) is 30.3 Å². The number of carbonyl (C=O) groups excluding carboxylic acids is 1. The highest BCUT2D eigenvalue weighted by Crippen LogP contribution is 2.19. The largest absolute Gasteiger partial charge is 0.307 e. The molecular weight excluding hydrogens is 314 g/mol. The third-order valence-corrected chi connectivity index (χ3v) is 4.04. The van der Waals surface area contributed by atoms with E-state index >= 15 is 0 Å². The van der Waals surface area contributed by atoms with Crippen molar-refractivity contribution in [1.82, 2.24) is 19.2 Å². The van der Waals surface area contributed by atoms with E-state index < -0.39 is 0 Å². The molecule has 1 amide bonds. The molecule has 0 saturated heterocycles. The van der Waals surface area contributed by atoms with Crippen molar-refractivity contribution in [3.63, 3.8) is 0 Å². The second-order valence-electron chi connectivity index (χ2n) is 5.92. The number of aryl methyl sites for hydroxylation is 2. The Labute approximate surface area is 144 Å². The Bertz CT molecular complexity index is 1060. The first-order chi connectivity index (χ1) is 12.1. The number of rotatable bonds is 3. The van der Waals surface area contributed by atoms with Gasteiger partial charge in [-0.05, 0) is 19.1 Å². The summed E-state index contributed by atoms with van der Waals surface area (Å²) in [6.45, 7) is 1.89. The molecule has 6 heteroatoms. The fourth-order valence-electron chi connectivity index (χ4n) is 2.79. The van der Waals surface area contributed by atoms with Crippen molar-refractivity contribution in [2.45, 2.75) is 6.92 Å². The number of pyridine rings is 1. The van der Waals surface area contributed by atoms with E-state index in [1.54, 1.807) is 23.9 Å². The third-order valence-electron chi connectivity index (χ3n) is 4.04. The Balaban J connectivity index is 1.64. The Hall–Kier alpha value is -3.41. The van der Waals surface area contributed by atoms with Crippen molar-refractivity contribution >= 4 is 17.4 Å². The van der Waals surface area contributed by atoms with Gasteiger partial charge in [0.05, 0.1) is 11.4 Å². The summed E-state index contributed by atoms with van der Waals surface area (Å²) in [7, 11) is 1.80. The van der Waals surface area contributed by atoms with Crippen LogP contribution in [0.5, 0.6) is 0 Å². The summed E-state index contributed by atoms with van der Waals surface area (Å²) < 4.78 is 3.56. The van der Waals surface area contributed by atoms with Crippen LogP contribution in [0.1, 0.15) is 16.1 Å². The van der Waals surface area contributed by atoms with Gasteiger partial charge < -0.3 is 9.72 Å². The van der Waals surface area contributed by atoms with E-state index in [1.807, 2.05) is 60.1 Å². The van der Waals surface area contributed by atoms with Gasteiger partial charge >= 0.3 is 0 Å². The molecule has 1 N–H and O–H groups in total. The van der Waals surface area contributed by atoms with Crippen molar-refractivity contribution in [3.05, 3.63) is 72.2 Å². The number of benzene rings is 1. The number of carbonyl (C=O) groups is 1. The lowest BCUT2D eigenvalue weighted by atomic mass is 10.2. The fraction of sp³-hybridized carbons (Fsp3) is 0.105. The molecule has 4 aromatic rings. The highest BCUT2D eigenvalue weighted by Gasteiger charge is 2.12. The quantitative estimate of drug-likeness (QED) is 0.626. The van der Waals surface area contributed by atoms with Gasteiger partial charge in [-0.3, -0.25) is 9.48 Å². The van der Waals surface area contributed by atoms with Crippen LogP contribution in [0.25, 0.3) is 16.9 Å². The molecule has 0 unspecified atom stereocenters.